The summed E-state index contributed by atoms with van der Waals surface area (Å²) in [6.07, 6.45) is 20.2. The van der Waals surface area contributed by atoms with Gasteiger partial charge in [-0.3, -0.25) is 0 Å². The van der Waals surface area contributed by atoms with Gasteiger partial charge in [-0.15, -0.1) is 0 Å². The number of ketones is 1. The van der Waals surface area contributed by atoms with Crippen molar-refractivity contribution in [3.8, 4) is 0 Å². The molecule has 0 atom stereocenters. The second kappa shape index (κ2) is 15.5. The lowest BCUT2D eigenvalue weighted by molar-refractivity contribution is -0.117. The summed E-state index contributed by atoms with van der Waals surface area (Å²) in [6, 6.07) is 0. The summed E-state index contributed by atoms with van der Waals surface area (Å²) in [5.41, 5.74) is 1.38. The monoisotopic (exact) mass is 292 g/mol. The van der Waals surface area contributed by atoms with Crippen molar-refractivity contribution >= 4 is 5.78 Å². The maximum atomic E-state index is 10.8. The van der Waals surface area contributed by atoms with E-state index in [0.717, 1.165) is 19.3 Å². The molecule has 1 nitrogen and oxygen atoms in total. The molecule has 0 saturated carbocycles. The van der Waals surface area contributed by atoms with E-state index in [1.807, 2.05) is 0 Å². The van der Waals surface area contributed by atoms with Crippen LogP contribution in [0, 0.1) is 0 Å². The number of hydrogen-bond acceptors (Lipinski definition) is 1. The molecule has 0 amide bonds. The Balaban J connectivity index is 3.28. The average molecular weight is 293 g/mol. The van der Waals surface area contributed by atoms with Crippen LogP contribution in [0.5, 0.6) is 0 Å². The third-order valence-corrected chi connectivity index (χ3v) is 3.86. The van der Waals surface area contributed by atoms with Gasteiger partial charge in [0.2, 0.25) is 0 Å². The maximum Gasteiger partial charge on any atom is 0.129 e. The van der Waals surface area contributed by atoms with Crippen LogP contribution in [0.15, 0.2) is 24.3 Å². The fourth-order valence-electron chi connectivity index (χ4n) is 2.44. The molecule has 0 aliphatic carbocycles. The molecule has 0 aliphatic rings. The molecule has 0 N–H and O–H groups in total. The Kier molecular flexibility index (Phi) is 14.9. The summed E-state index contributed by atoms with van der Waals surface area (Å²) >= 11 is 0. The van der Waals surface area contributed by atoms with Crippen molar-refractivity contribution in [2.75, 3.05) is 0 Å². The summed E-state index contributed by atoms with van der Waals surface area (Å²) in [5.74, 6) is 0.327. The minimum Gasteiger partial charge on any atom is -0.300 e. The van der Waals surface area contributed by atoms with Crippen LogP contribution in [-0.2, 0) is 4.79 Å². The molecule has 21 heavy (non-hydrogen) atoms. The van der Waals surface area contributed by atoms with Crippen molar-refractivity contribution in [3.05, 3.63) is 24.3 Å². The first kappa shape index (κ1) is 20.1. The highest BCUT2D eigenvalue weighted by Crippen LogP contribution is 2.13. The fourth-order valence-corrected chi connectivity index (χ4v) is 2.44. The first-order valence-electron chi connectivity index (χ1n) is 8.98. The van der Waals surface area contributed by atoms with Gasteiger partial charge in [-0.25, -0.2) is 0 Å². The fraction of sp³-hybridized carbons (Fsp3) is 0.750. The first-order valence-corrected chi connectivity index (χ1v) is 8.98. The molecule has 0 aliphatic heterocycles. The van der Waals surface area contributed by atoms with Gasteiger partial charge >= 0.3 is 0 Å². The summed E-state index contributed by atoms with van der Waals surface area (Å²) in [5, 5.41) is 0. The van der Waals surface area contributed by atoms with E-state index in [1.54, 1.807) is 6.92 Å². The van der Waals surface area contributed by atoms with E-state index < -0.39 is 0 Å². The lowest BCUT2D eigenvalue weighted by atomic mass is 10.0. The summed E-state index contributed by atoms with van der Waals surface area (Å²) in [4.78, 5) is 10.8. The van der Waals surface area contributed by atoms with Crippen LogP contribution in [0.2, 0.25) is 0 Å². The Hall–Kier alpha value is -0.850. The second-order valence-corrected chi connectivity index (χ2v) is 6.24. The Morgan fingerprint density at radius 3 is 2.19 bits per heavy atom. The number of carbonyl (C=O) groups is 1. The van der Waals surface area contributed by atoms with Gasteiger partial charge in [0.05, 0.1) is 0 Å². The third-order valence-electron chi connectivity index (χ3n) is 3.86. The summed E-state index contributed by atoms with van der Waals surface area (Å²) in [7, 11) is 0. The molecule has 0 bridgehead atoms. The molecular weight excluding hydrogens is 256 g/mol. The van der Waals surface area contributed by atoms with Crippen LogP contribution >= 0.6 is 0 Å². The highest BCUT2D eigenvalue weighted by Gasteiger charge is 1.94. The molecule has 0 aromatic carbocycles. The molecule has 122 valence electrons. The Bertz CT molecular complexity index is 288. The zero-order chi connectivity index (χ0) is 15.8. The van der Waals surface area contributed by atoms with E-state index in [9.17, 15) is 4.79 Å². The van der Waals surface area contributed by atoms with Crippen molar-refractivity contribution in [1.82, 2.24) is 0 Å². The van der Waals surface area contributed by atoms with E-state index in [2.05, 4.69) is 25.7 Å². The molecule has 0 radical (unpaired) electrons. The number of Topliss-reactive ketones (excluding diaryl/α,β-unsaturated/α-hetero) is 1. The molecule has 0 spiro atoms. The molecule has 0 unspecified atom stereocenters. The van der Waals surface area contributed by atoms with Gasteiger partial charge < -0.3 is 4.79 Å². The maximum absolute atomic E-state index is 10.8. The number of carbonyl (C=O) groups excluding carboxylic acids is 1. The van der Waals surface area contributed by atoms with Crippen LogP contribution in [0.4, 0.5) is 0 Å². The molecule has 0 aromatic rings. The highest BCUT2D eigenvalue weighted by atomic mass is 16.1. The topological polar surface area (TPSA) is 17.1 Å². The number of hydrogen-bond donors (Lipinski definition) is 0. The number of rotatable bonds is 15. The van der Waals surface area contributed by atoms with E-state index in [-0.39, 0.29) is 0 Å². The van der Waals surface area contributed by atoms with Crippen LogP contribution in [0.1, 0.15) is 97.3 Å². The predicted octanol–water partition coefficient (Wildman–Crippen LogP) is 6.78. The van der Waals surface area contributed by atoms with Gasteiger partial charge in [0.25, 0.3) is 0 Å². The molecule has 0 saturated heterocycles. The lowest BCUT2D eigenvalue weighted by Gasteiger charge is -2.02. The minimum absolute atomic E-state index is 0.327. The van der Waals surface area contributed by atoms with Gasteiger partial charge in [0.1, 0.15) is 5.78 Å². The van der Waals surface area contributed by atoms with Crippen LogP contribution in [0.25, 0.3) is 0 Å². The zero-order valence-corrected chi connectivity index (χ0v) is 14.5. The Labute approximate surface area is 132 Å². The smallest absolute Gasteiger partial charge is 0.129 e. The summed E-state index contributed by atoms with van der Waals surface area (Å²) in [6.45, 7) is 8.09. The molecule has 0 rings (SSSR count). The van der Waals surface area contributed by atoms with Gasteiger partial charge in [0, 0.05) is 6.42 Å². The van der Waals surface area contributed by atoms with Crippen molar-refractivity contribution in [2.45, 2.75) is 97.3 Å². The quantitative estimate of drug-likeness (QED) is 0.240. The van der Waals surface area contributed by atoms with Crippen LogP contribution < -0.4 is 0 Å². The largest absolute Gasteiger partial charge is 0.300 e. The average Bonchev–Trinajstić information content (AvgIpc) is 2.45. The summed E-state index contributed by atoms with van der Waals surface area (Å²) < 4.78 is 0. The zero-order valence-electron chi connectivity index (χ0n) is 14.5. The molecule has 1 heteroatoms. The standard InChI is InChI=1S/C20H36O/c1-4-5-6-13-16-19(2)17-14-11-9-7-8-10-12-15-18-20(3)21/h11,14H,2,4-10,12-13,15-18H2,1,3H3/b14-11-. The second-order valence-electron chi connectivity index (χ2n) is 6.24. The van der Waals surface area contributed by atoms with Crippen LogP contribution in [-0.4, -0.2) is 5.78 Å². The van der Waals surface area contributed by atoms with Gasteiger partial charge in [-0.2, -0.15) is 0 Å². The third kappa shape index (κ3) is 17.1. The van der Waals surface area contributed by atoms with Crippen molar-refractivity contribution in [1.29, 1.82) is 0 Å². The van der Waals surface area contributed by atoms with Crippen molar-refractivity contribution in [2.24, 2.45) is 0 Å². The van der Waals surface area contributed by atoms with Crippen molar-refractivity contribution < 1.29 is 4.79 Å². The predicted molar refractivity (Wildman–Crippen MR) is 94.7 cm³/mol. The Morgan fingerprint density at radius 2 is 1.48 bits per heavy atom. The van der Waals surface area contributed by atoms with Crippen molar-refractivity contribution in [3.63, 3.8) is 0 Å². The highest BCUT2D eigenvalue weighted by molar-refractivity contribution is 5.75. The first-order chi connectivity index (χ1) is 10.2. The van der Waals surface area contributed by atoms with E-state index in [1.165, 1.54) is 69.8 Å². The van der Waals surface area contributed by atoms with E-state index in [0.29, 0.717) is 5.78 Å². The number of allylic oxidation sites excluding steroid dienone is 3. The number of unbranched alkanes of at least 4 members (excludes halogenated alkanes) is 8. The van der Waals surface area contributed by atoms with Crippen LogP contribution in [0.3, 0.4) is 0 Å². The molecular formula is C20H36O. The SMILES string of the molecule is C=C(C/C=C\CCCCCCCC(C)=O)CCCCCC. The van der Waals surface area contributed by atoms with Gasteiger partial charge in [-0.1, -0.05) is 69.8 Å². The molecule has 0 heterocycles. The van der Waals surface area contributed by atoms with Gasteiger partial charge in [0.15, 0.2) is 0 Å². The Morgan fingerprint density at radius 1 is 0.857 bits per heavy atom. The molecule has 0 aromatic heterocycles. The van der Waals surface area contributed by atoms with Gasteiger partial charge in [-0.05, 0) is 45.4 Å². The normalized spacial score (nSPS) is 11.1. The van der Waals surface area contributed by atoms with E-state index >= 15 is 0 Å². The lowest BCUT2D eigenvalue weighted by Crippen LogP contribution is -1.89. The molecule has 0 fully saturated rings. The minimum atomic E-state index is 0.327. The van der Waals surface area contributed by atoms with E-state index in [4.69, 9.17) is 0 Å².